The Kier molecular flexibility index (Phi) is 8.58. The van der Waals surface area contributed by atoms with Crippen LogP contribution in [0.15, 0.2) is 71.6 Å². The molecule has 9 heteroatoms. The number of nitrogens with one attached hydrogen (secondary N) is 1. The highest BCUT2D eigenvalue weighted by Crippen LogP contribution is 2.22. The summed E-state index contributed by atoms with van der Waals surface area (Å²) < 4.78 is 40.8. The van der Waals surface area contributed by atoms with Gasteiger partial charge in [-0.1, -0.05) is 49.4 Å². The van der Waals surface area contributed by atoms with Crippen LogP contribution in [0.4, 0.5) is 4.39 Å². The Labute approximate surface area is 205 Å². The van der Waals surface area contributed by atoms with E-state index in [0.717, 1.165) is 21.5 Å². The van der Waals surface area contributed by atoms with Crippen LogP contribution < -0.4 is 5.32 Å². The first kappa shape index (κ1) is 26.3. The fourth-order valence-corrected chi connectivity index (χ4v) is 4.80. The van der Waals surface area contributed by atoms with Crippen LogP contribution in [0, 0.1) is 5.82 Å². The Morgan fingerprint density at radius 3 is 2.31 bits per heavy atom. The number of nitrogens with zero attached hydrogens (tertiary/aromatic N) is 2. The van der Waals surface area contributed by atoms with Crippen LogP contribution in [-0.2, 0) is 26.2 Å². The van der Waals surface area contributed by atoms with Gasteiger partial charge in [-0.15, -0.1) is 0 Å². The van der Waals surface area contributed by atoms with Crippen LogP contribution in [0.5, 0.6) is 0 Å². The lowest BCUT2D eigenvalue weighted by Gasteiger charge is -2.30. The monoisotopic (exact) mass is 499 g/mol. The molecule has 0 aromatic heterocycles. The Morgan fingerprint density at radius 1 is 1.00 bits per heavy atom. The molecule has 0 unspecified atom stereocenters. The molecule has 3 aromatic carbocycles. The summed E-state index contributed by atoms with van der Waals surface area (Å²) in [5.41, 5.74) is 0.620. The third-order valence-corrected chi connectivity index (χ3v) is 7.57. The zero-order valence-electron chi connectivity index (χ0n) is 20.1. The molecule has 1 N–H and O–H groups in total. The van der Waals surface area contributed by atoms with Crippen molar-refractivity contribution < 1.29 is 22.4 Å². The molecule has 0 radical (unpaired) electrons. The van der Waals surface area contributed by atoms with E-state index in [1.807, 2.05) is 31.2 Å². The van der Waals surface area contributed by atoms with E-state index in [2.05, 4.69) is 5.32 Å². The predicted molar refractivity (Wildman–Crippen MR) is 133 cm³/mol. The SMILES string of the molecule is CCCNC(=O)[C@H](C)N(Cc1ccc(F)cc1)C(=O)CN(C)S(=O)(=O)c1ccc2ccccc2c1. The van der Waals surface area contributed by atoms with Crippen molar-refractivity contribution in [3.63, 3.8) is 0 Å². The maximum Gasteiger partial charge on any atom is 0.243 e. The normalized spacial score (nSPS) is 12.5. The van der Waals surface area contributed by atoms with Gasteiger partial charge in [-0.3, -0.25) is 9.59 Å². The standard InChI is InChI=1S/C26H30FN3O4S/c1-4-15-28-26(32)19(2)30(17-20-9-12-23(27)13-10-20)25(31)18-29(3)35(33,34)24-14-11-21-7-5-6-8-22(21)16-24/h5-14,16,19H,4,15,17-18H2,1-3H3,(H,28,32)/t19-/m0/s1. The minimum atomic E-state index is -3.96. The van der Waals surface area contributed by atoms with Crippen LogP contribution in [0.3, 0.4) is 0 Å². The molecule has 0 aliphatic carbocycles. The first-order chi connectivity index (χ1) is 16.6. The zero-order chi connectivity index (χ0) is 25.6. The molecule has 0 aliphatic rings. The largest absolute Gasteiger partial charge is 0.354 e. The number of fused-ring (bicyclic) bond motifs is 1. The third-order valence-electron chi connectivity index (χ3n) is 5.77. The molecule has 2 amide bonds. The van der Waals surface area contributed by atoms with E-state index in [1.165, 1.54) is 42.3 Å². The van der Waals surface area contributed by atoms with E-state index in [4.69, 9.17) is 0 Å². The van der Waals surface area contributed by atoms with Crippen LogP contribution in [0.1, 0.15) is 25.8 Å². The lowest BCUT2D eigenvalue weighted by molar-refractivity contribution is -0.140. The second-order valence-corrected chi connectivity index (χ2v) is 10.4. The fourth-order valence-electron chi connectivity index (χ4n) is 3.64. The van der Waals surface area contributed by atoms with Gasteiger partial charge in [0.1, 0.15) is 11.9 Å². The number of sulfonamides is 1. The van der Waals surface area contributed by atoms with Crippen molar-refractivity contribution in [3.05, 3.63) is 78.1 Å². The van der Waals surface area contributed by atoms with E-state index >= 15 is 0 Å². The van der Waals surface area contributed by atoms with Gasteiger partial charge in [0.25, 0.3) is 0 Å². The predicted octanol–water partition coefficient (Wildman–Crippen LogP) is 3.54. The highest BCUT2D eigenvalue weighted by Gasteiger charge is 2.30. The summed E-state index contributed by atoms with van der Waals surface area (Å²) in [5, 5.41) is 4.44. The second kappa shape index (κ2) is 11.4. The van der Waals surface area contributed by atoms with Gasteiger partial charge in [-0.05, 0) is 53.9 Å². The lowest BCUT2D eigenvalue weighted by Crippen LogP contribution is -2.50. The summed E-state index contributed by atoms with van der Waals surface area (Å²) in [6.07, 6.45) is 0.733. The van der Waals surface area contributed by atoms with Crippen molar-refractivity contribution in [2.45, 2.75) is 37.8 Å². The van der Waals surface area contributed by atoms with E-state index in [0.29, 0.717) is 12.1 Å². The molecule has 35 heavy (non-hydrogen) atoms. The van der Waals surface area contributed by atoms with Crippen molar-refractivity contribution in [1.82, 2.24) is 14.5 Å². The second-order valence-electron chi connectivity index (χ2n) is 8.39. The average Bonchev–Trinajstić information content (AvgIpc) is 2.85. The molecule has 0 fully saturated rings. The first-order valence-electron chi connectivity index (χ1n) is 11.4. The number of rotatable bonds is 10. The van der Waals surface area contributed by atoms with Gasteiger partial charge in [-0.25, -0.2) is 12.8 Å². The van der Waals surface area contributed by atoms with Crippen LogP contribution in [-0.4, -0.2) is 55.6 Å². The minimum absolute atomic E-state index is 0.0314. The number of benzene rings is 3. The van der Waals surface area contributed by atoms with E-state index in [-0.39, 0.29) is 17.3 Å². The first-order valence-corrected chi connectivity index (χ1v) is 12.8. The average molecular weight is 500 g/mol. The van der Waals surface area contributed by atoms with Gasteiger partial charge in [-0.2, -0.15) is 4.31 Å². The van der Waals surface area contributed by atoms with E-state index in [1.54, 1.807) is 19.1 Å². The molecule has 0 saturated carbocycles. The molecular weight excluding hydrogens is 469 g/mol. The van der Waals surface area contributed by atoms with Gasteiger partial charge in [0.15, 0.2) is 0 Å². The van der Waals surface area contributed by atoms with Crippen molar-refractivity contribution in [1.29, 1.82) is 0 Å². The molecule has 0 aliphatic heterocycles. The summed E-state index contributed by atoms with van der Waals surface area (Å²) >= 11 is 0. The van der Waals surface area contributed by atoms with Crippen molar-refractivity contribution >= 4 is 32.6 Å². The van der Waals surface area contributed by atoms with Gasteiger partial charge in [0.2, 0.25) is 21.8 Å². The Balaban J connectivity index is 1.83. The lowest BCUT2D eigenvalue weighted by atomic mass is 10.1. The molecule has 7 nitrogen and oxygen atoms in total. The molecule has 186 valence electrons. The number of hydrogen-bond donors (Lipinski definition) is 1. The number of amides is 2. The van der Waals surface area contributed by atoms with Gasteiger partial charge in [0, 0.05) is 20.1 Å². The molecule has 0 saturated heterocycles. The minimum Gasteiger partial charge on any atom is -0.354 e. The summed E-state index contributed by atoms with van der Waals surface area (Å²) in [7, 11) is -2.63. The zero-order valence-corrected chi connectivity index (χ0v) is 20.9. The molecule has 0 bridgehead atoms. The third kappa shape index (κ3) is 6.43. The van der Waals surface area contributed by atoms with Gasteiger partial charge in [0.05, 0.1) is 11.4 Å². The van der Waals surface area contributed by atoms with Crippen molar-refractivity contribution in [2.24, 2.45) is 0 Å². The summed E-state index contributed by atoms with van der Waals surface area (Å²) in [6.45, 7) is 3.53. The highest BCUT2D eigenvalue weighted by atomic mass is 32.2. The fraction of sp³-hybridized carbons (Fsp3) is 0.308. The van der Waals surface area contributed by atoms with Gasteiger partial charge < -0.3 is 10.2 Å². The Morgan fingerprint density at radius 2 is 1.66 bits per heavy atom. The van der Waals surface area contributed by atoms with Crippen molar-refractivity contribution in [2.75, 3.05) is 20.1 Å². The number of carbonyl (C=O) groups is 2. The Hall–Kier alpha value is -3.30. The molecular formula is C26H30FN3O4S. The quantitative estimate of drug-likeness (QED) is 0.462. The molecule has 0 heterocycles. The van der Waals surface area contributed by atoms with E-state index in [9.17, 15) is 22.4 Å². The highest BCUT2D eigenvalue weighted by molar-refractivity contribution is 7.89. The van der Waals surface area contributed by atoms with Crippen LogP contribution >= 0.6 is 0 Å². The molecule has 1 atom stereocenters. The topological polar surface area (TPSA) is 86.8 Å². The smallest absolute Gasteiger partial charge is 0.243 e. The summed E-state index contributed by atoms with van der Waals surface area (Å²) in [4.78, 5) is 27.3. The van der Waals surface area contributed by atoms with Crippen LogP contribution in [0.2, 0.25) is 0 Å². The van der Waals surface area contributed by atoms with E-state index < -0.39 is 34.3 Å². The Bertz CT molecular complexity index is 1300. The van der Waals surface area contributed by atoms with Crippen LogP contribution in [0.25, 0.3) is 10.8 Å². The van der Waals surface area contributed by atoms with Crippen molar-refractivity contribution in [3.8, 4) is 0 Å². The molecule has 0 spiro atoms. The van der Waals surface area contributed by atoms with Gasteiger partial charge >= 0.3 is 0 Å². The maximum atomic E-state index is 13.4. The number of carbonyl (C=O) groups excluding carboxylic acids is 2. The summed E-state index contributed by atoms with van der Waals surface area (Å²) in [6, 6.07) is 17.0. The summed E-state index contributed by atoms with van der Waals surface area (Å²) in [5.74, 6) is -1.30. The number of halogens is 1. The number of likely N-dealkylation sites (N-methyl/N-ethyl adjacent to an activating group) is 1. The molecule has 3 aromatic rings. The maximum absolute atomic E-state index is 13.4. The number of hydrogen-bond acceptors (Lipinski definition) is 4. The molecule has 3 rings (SSSR count).